The molecule has 1 fully saturated rings. The van der Waals surface area contributed by atoms with Gasteiger partial charge >= 0.3 is 0 Å². The molecule has 1 aromatic carbocycles. The van der Waals surface area contributed by atoms with Crippen molar-refractivity contribution in [3.63, 3.8) is 0 Å². The van der Waals surface area contributed by atoms with Crippen LogP contribution in [0.4, 0.5) is 0 Å². The molecule has 8 heteroatoms. The second-order valence-electron chi connectivity index (χ2n) is 5.22. The van der Waals surface area contributed by atoms with E-state index < -0.39 is 9.96 Å². The van der Waals surface area contributed by atoms with Gasteiger partial charge in [0.05, 0.1) is 13.2 Å². The highest BCUT2D eigenvalue weighted by Crippen LogP contribution is 2.29. The molecular weight excluding hydrogens is 363 g/mol. The Kier molecular flexibility index (Phi) is 6.80. The molecular formula is C15H19Cl3N2O3. The van der Waals surface area contributed by atoms with Crippen molar-refractivity contribution in [3.8, 4) is 5.75 Å². The lowest BCUT2D eigenvalue weighted by atomic mass is 10.2. The minimum atomic E-state index is -1.68. The maximum atomic E-state index is 12.3. The fraction of sp³-hybridized carbons (Fsp3) is 0.533. The number of carbonyl (C=O) groups is 1. The van der Waals surface area contributed by atoms with Crippen molar-refractivity contribution in [3.05, 3.63) is 29.8 Å². The van der Waals surface area contributed by atoms with Gasteiger partial charge in [-0.2, -0.15) is 0 Å². The van der Waals surface area contributed by atoms with E-state index in [1.165, 1.54) is 0 Å². The molecule has 5 nitrogen and oxygen atoms in total. The first kappa shape index (κ1) is 18.6. The molecule has 0 bridgehead atoms. The van der Waals surface area contributed by atoms with Crippen molar-refractivity contribution >= 4 is 40.7 Å². The van der Waals surface area contributed by atoms with Gasteiger partial charge in [-0.15, -0.1) is 0 Å². The van der Waals surface area contributed by atoms with Crippen LogP contribution in [0.1, 0.15) is 23.2 Å². The summed E-state index contributed by atoms with van der Waals surface area (Å²) >= 11 is 17.9. The van der Waals surface area contributed by atoms with E-state index in [0.29, 0.717) is 17.9 Å². The molecule has 0 unspecified atom stereocenters. The number of rotatable bonds is 6. The lowest BCUT2D eigenvalue weighted by molar-refractivity contribution is 0.0897. The Morgan fingerprint density at radius 3 is 2.61 bits per heavy atom. The van der Waals surface area contributed by atoms with Gasteiger partial charge < -0.3 is 14.8 Å². The zero-order valence-electron chi connectivity index (χ0n) is 12.7. The number of halogens is 3. The highest BCUT2D eigenvalue weighted by Gasteiger charge is 2.34. The number of nitrogens with one attached hydrogen (secondary N) is 2. The van der Waals surface area contributed by atoms with Crippen LogP contribution in [-0.4, -0.2) is 42.2 Å². The number of methoxy groups -OCH3 is 1. The van der Waals surface area contributed by atoms with Gasteiger partial charge in [0.15, 0.2) is 0 Å². The molecule has 0 aromatic heterocycles. The van der Waals surface area contributed by atoms with Gasteiger partial charge in [-0.3, -0.25) is 10.1 Å². The van der Waals surface area contributed by atoms with E-state index in [2.05, 4.69) is 10.6 Å². The van der Waals surface area contributed by atoms with Crippen molar-refractivity contribution in [1.82, 2.24) is 10.6 Å². The van der Waals surface area contributed by atoms with Crippen LogP contribution in [0.25, 0.3) is 0 Å². The zero-order chi connectivity index (χ0) is 16.9. The Morgan fingerprint density at radius 2 is 2.09 bits per heavy atom. The number of ether oxygens (including phenoxy) is 2. The first-order valence-corrected chi connectivity index (χ1v) is 8.40. The summed E-state index contributed by atoms with van der Waals surface area (Å²) in [4.78, 5) is 12.3. The standard InChI is InChI=1S/C15H19Cl3N2O3/c1-22-11-6-4-10(5-7-11)13(21)20-14(15(16,17)18)19-9-12-3-2-8-23-12/h4-7,12,14,19H,2-3,8-9H2,1H3,(H,20,21)/t12-,14+/m1/s1. The maximum Gasteiger partial charge on any atom is 0.252 e. The Morgan fingerprint density at radius 1 is 1.39 bits per heavy atom. The topological polar surface area (TPSA) is 59.6 Å². The molecule has 1 aliphatic heterocycles. The number of amides is 1. The van der Waals surface area contributed by atoms with Crippen molar-refractivity contribution in [1.29, 1.82) is 0 Å². The molecule has 1 amide bonds. The predicted octanol–water partition coefficient (Wildman–Crippen LogP) is 2.89. The molecule has 1 aliphatic rings. The smallest absolute Gasteiger partial charge is 0.252 e. The molecule has 0 saturated carbocycles. The van der Waals surface area contributed by atoms with Crippen molar-refractivity contribution < 1.29 is 14.3 Å². The van der Waals surface area contributed by atoms with E-state index in [4.69, 9.17) is 44.3 Å². The quantitative estimate of drug-likeness (QED) is 0.587. The number of hydrogen-bond donors (Lipinski definition) is 2. The SMILES string of the molecule is COc1ccc(C(=O)N[C@H](NC[C@H]2CCCO2)C(Cl)(Cl)Cl)cc1. The summed E-state index contributed by atoms with van der Waals surface area (Å²) in [5, 5.41) is 5.74. The molecule has 1 aromatic rings. The van der Waals surface area contributed by atoms with Crippen LogP contribution < -0.4 is 15.4 Å². The summed E-state index contributed by atoms with van der Waals surface area (Å²) in [5.41, 5.74) is 0.448. The molecule has 128 valence electrons. The Labute approximate surface area is 150 Å². The van der Waals surface area contributed by atoms with E-state index in [1.807, 2.05) is 0 Å². The van der Waals surface area contributed by atoms with Crippen molar-refractivity contribution in [2.75, 3.05) is 20.3 Å². The van der Waals surface area contributed by atoms with E-state index in [0.717, 1.165) is 19.4 Å². The molecule has 1 heterocycles. The third kappa shape index (κ3) is 5.69. The third-order valence-corrected chi connectivity index (χ3v) is 4.18. The number of benzene rings is 1. The Hall–Kier alpha value is -0.720. The van der Waals surface area contributed by atoms with E-state index in [9.17, 15) is 4.79 Å². The number of carbonyl (C=O) groups excluding carboxylic acids is 1. The van der Waals surface area contributed by atoms with Gasteiger partial charge in [-0.05, 0) is 37.1 Å². The van der Waals surface area contributed by atoms with Gasteiger partial charge in [-0.25, -0.2) is 0 Å². The van der Waals surface area contributed by atoms with Crippen molar-refractivity contribution in [2.45, 2.75) is 28.9 Å². The Balaban J connectivity index is 1.96. The van der Waals surface area contributed by atoms with Crippen LogP contribution >= 0.6 is 34.8 Å². The third-order valence-electron chi connectivity index (χ3n) is 3.53. The Bertz CT molecular complexity index is 514. The summed E-state index contributed by atoms with van der Waals surface area (Å²) in [7, 11) is 1.56. The molecule has 2 N–H and O–H groups in total. The van der Waals surface area contributed by atoms with Crippen LogP contribution in [0.15, 0.2) is 24.3 Å². The van der Waals surface area contributed by atoms with Gasteiger partial charge in [-0.1, -0.05) is 34.8 Å². The zero-order valence-corrected chi connectivity index (χ0v) is 14.9. The summed E-state index contributed by atoms with van der Waals surface area (Å²) in [6, 6.07) is 6.67. The second kappa shape index (κ2) is 8.40. The number of alkyl halides is 3. The highest BCUT2D eigenvalue weighted by molar-refractivity contribution is 6.68. The van der Waals surface area contributed by atoms with Gasteiger partial charge in [0, 0.05) is 18.7 Å². The predicted molar refractivity (Wildman–Crippen MR) is 91.5 cm³/mol. The first-order chi connectivity index (χ1) is 10.9. The van der Waals surface area contributed by atoms with E-state index in [1.54, 1.807) is 31.4 Å². The summed E-state index contributed by atoms with van der Waals surface area (Å²) < 4.78 is 8.89. The van der Waals surface area contributed by atoms with E-state index in [-0.39, 0.29) is 12.0 Å². The van der Waals surface area contributed by atoms with Crippen LogP contribution in [0, 0.1) is 0 Å². The molecule has 0 radical (unpaired) electrons. The lowest BCUT2D eigenvalue weighted by Crippen LogP contribution is -2.54. The normalized spacial score (nSPS) is 19.4. The van der Waals surface area contributed by atoms with Crippen molar-refractivity contribution in [2.24, 2.45) is 0 Å². The molecule has 23 heavy (non-hydrogen) atoms. The molecule has 1 saturated heterocycles. The highest BCUT2D eigenvalue weighted by atomic mass is 35.6. The minimum absolute atomic E-state index is 0.0720. The molecule has 2 rings (SSSR count). The fourth-order valence-electron chi connectivity index (χ4n) is 2.26. The van der Waals surface area contributed by atoms with Crippen LogP contribution in [0.2, 0.25) is 0 Å². The molecule has 0 spiro atoms. The van der Waals surface area contributed by atoms with Gasteiger partial charge in [0.1, 0.15) is 11.9 Å². The molecule has 0 aliphatic carbocycles. The second-order valence-corrected chi connectivity index (χ2v) is 7.59. The van der Waals surface area contributed by atoms with Crippen LogP contribution in [0.5, 0.6) is 5.75 Å². The first-order valence-electron chi connectivity index (χ1n) is 7.27. The molecule has 2 atom stereocenters. The van der Waals surface area contributed by atoms with E-state index >= 15 is 0 Å². The largest absolute Gasteiger partial charge is 0.497 e. The van der Waals surface area contributed by atoms with Gasteiger partial charge in [0.2, 0.25) is 3.79 Å². The summed E-state index contributed by atoms with van der Waals surface area (Å²) in [6.07, 6.45) is 1.21. The fourth-order valence-corrected chi connectivity index (χ4v) is 2.66. The maximum absolute atomic E-state index is 12.3. The average molecular weight is 382 g/mol. The lowest BCUT2D eigenvalue weighted by Gasteiger charge is -2.27. The average Bonchev–Trinajstić information content (AvgIpc) is 3.03. The van der Waals surface area contributed by atoms with Gasteiger partial charge in [0.25, 0.3) is 5.91 Å². The summed E-state index contributed by atoms with van der Waals surface area (Å²) in [6.45, 7) is 1.24. The summed E-state index contributed by atoms with van der Waals surface area (Å²) in [5.74, 6) is 0.319. The number of hydrogen-bond acceptors (Lipinski definition) is 4. The monoisotopic (exact) mass is 380 g/mol. The minimum Gasteiger partial charge on any atom is -0.497 e. The van der Waals surface area contributed by atoms with Crippen LogP contribution in [0.3, 0.4) is 0 Å². The van der Waals surface area contributed by atoms with Crippen LogP contribution in [-0.2, 0) is 4.74 Å².